The Hall–Kier alpha value is -1.46. The highest BCUT2D eigenvalue weighted by Gasteiger charge is 2.33. The van der Waals surface area contributed by atoms with E-state index in [1.54, 1.807) is 6.07 Å². The van der Waals surface area contributed by atoms with Crippen LogP contribution in [0.25, 0.3) is 0 Å². The van der Waals surface area contributed by atoms with Crippen LogP contribution in [0.4, 0.5) is 4.39 Å². The van der Waals surface area contributed by atoms with E-state index in [1.165, 1.54) is 6.07 Å². The predicted molar refractivity (Wildman–Crippen MR) is 84.3 cm³/mol. The third-order valence-electron chi connectivity index (χ3n) is 4.54. The molecule has 0 amide bonds. The van der Waals surface area contributed by atoms with E-state index >= 15 is 0 Å². The van der Waals surface area contributed by atoms with Crippen LogP contribution in [0.1, 0.15) is 37.8 Å². The average molecular weight is 308 g/mol. The second-order valence-corrected chi connectivity index (χ2v) is 5.89. The molecule has 1 aromatic rings. The molecule has 1 saturated carbocycles. The van der Waals surface area contributed by atoms with Crippen LogP contribution in [0.15, 0.2) is 18.2 Å². The number of benzene rings is 1. The number of rotatable bonds is 8. The Balaban J connectivity index is 1.82. The fourth-order valence-corrected chi connectivity index (χ4v) is 3.10. The lowest BCUT2D eigenvalue weighted by Gasteiger charge is -2.42. The molecule has 0 unspecified atom stereocenters. The molecule has 1 fully saturated rings. The molecule has 0 heterocycles. The molecule has 0 radical (unpaired) electrons. The van der Waals surface area contributed by atoms with Crippen molar-refractivity contribution in [2.75, 3.05) is 13.1 Å². The number of nitrogens with zero attached hydrogens (tertiary/aromatic N) is 1. The molecule has 1 aliphatic carbocycles. The molecular weight excluding hydrogens is 283 g/mol. The summed E-state index contributed by atoms with van der Waals surface area (Å²) >= 11 is 0. The number of nitrogens with one attached hydrogen (secondary N) is 1. The van der Waals surface area contributed by atoms with Gasteiger partial charge in [-0.15, -0.1) is 0 Å². The lowest BCUT2D eigenvalue weighted by atomic mass is 9.85. The molecule has 1 aliphatic rings. The zero-order valence-electron chi connectivity index (χ0n) is 13.3. The molecule has 0 atom stereocenters. The van der Waals surface area contributed by atoms with Crippen LogP contribution in [0.5, 0.6) is 0 Å². The van der Waals surface area contributed by atoms with Crippen molar-refractivity contribution >= 4 is 5.97 Å². The van der Waals surface area contributed by atoms with Crippen molar-refractivity contribution < 1.29 is 14.3 Å². The van der Waals surface area contributed by atoms with Gasteiger partial charge in [-0.2, -0.15) is 0 Å². The summed E-state index contributed by atoms with van der Waals surface area (Å²) in [7, 11) is 0. The van der Waals surface area contributed by atoms with Crippen LogP contribution in [-0.2, 0) is 17.8 Å². The molecule has 1 aromatic carbocycles. The van der Waals surface area contributed by atoms with Gasteiger partial charge in [-0.3, -0.25) is 9.69 Å². The minimum atomic E-state index is -0.780. The summed E-state index contributed by atoms with van der Waals surface area (Å²) in [5.74, 6) is -0.930. The number of carbonyl (C=O) groups is 1. The first-order valence-corrected chi connectivity index (χ1v) is 8.00. The zero-order valence-corrected chi connectivity index (χ0v) is 13.3. The quantitative estimate of drug-likeness (QED) is 0.774. The summed E-state index contributed by atoms with van der Waals surface area (Å²) in [5.41, 5.74) is 1.80. The van der Waals surface area contributed by atoms with Crippen molar-refractivity contribution in [3.8, 4) is 0 Å². The maximum absolute atomic E-state index is 13.9. The van der Waals surface area contributed by atoms with Gasteiger partial charge >= 0.3 is 5.97 Å². The molecule has 0 saturated heterocycles. The van der Waals surface area contributed by atoms with Gasteiger partial charge in [-0.25, -0.2) is 4.39 Å². The molecule has 0 spiro atoms. The van der Waals surface area contributed by atoms with Crippen molar-refractivity contribution in [1.82, 2.24) is 10.2 Å². The van der Waals surface area contributed by atoms with Crippen molar-refractivity contribution in [3.63, 3.8) is 0 Å². The van der Waals surface area contributed by atoms with Crippen LogP contribution in [0.3, 0.4) is 0 Å². The maximum atomic E-state index is 13.9. The van der Waals surface area contributed by atoms with Crippen molar-refractivity contribution in [1.29, 1.82) is 0 Å². The average Bonchev–Trinajstić information content (AvgIpc) is 2.44. The van der Waals surface area contributed by atoms with E-state index in [4.69, 9.17) is 5.11 Å². The monoisotopic (exact) mass is 308 g/mol. The molecule has 22 heavy (non-hydrogen) atoms. The van der Waals surface area contributed by atoms with E-state index < -0.39 is 5.97 Å². The Labute approximate surface area is 131 Å². The largest absolute Gasteiger partial charge is 0.480 e. The van der Waals surface area contributed by atoms with E-state index in [0.717, 1.165) is 36.9 Å². The lowest BCUT2D eigenvalue weighted by molar-refractivity contribution is -0.139. The molecule has 4 nitrogen and oxygen atoms in total. The molecule has 2 N–H and O–H groups in total. The van der Waals surface area contributed by atoms with Gasteiger partial charge in [-0.1, -0.05) is 26.0 Å². The van der Waals surface area contributed by atoms with Crippen LogP contribution in [0.2, 0.25) is 0 Å². The second-order valence-electron chi connectivity index (χ2n) is 5.89. The Bertz CT molecular complexity index is 515. The van der Waals surface area contributed by atoms with Crippen molar-refractivity contribution in [2.24, 2.45) is 0 Å². The number of carboxylic acids is 1. The van der Waals surface area contributed by atoms with E-state index in [1.807, 2.05) is 24.8 Å². The zero-order chi connectivity index (χ0) is 16.1. The van der Waals surface area contributed by atoms with E-state index in [9.17, 15) is 9.18 Å². The summed E-state index contributed by atoms with van der Waals surface area (Å²) < 4.78 is 13.9. The van der Waals surface area contributed by atoms with Crippen molar-refractivity contribution in [3.05, 3.63) is 35.1 Å². The minimum absolute atomic E-state index is 0.0984. The molecule has 0 aliphatic heterocycles. The Morgan fingerprint density at radius 1 is 1.41 bits per heavy atom. The SMILES string of the molecule is CCc1cccc(F)c1CNC1CC(N(CC)CC(=O)O)C1. The van der Waals surface area contributed by atoms with Gasteiger partial charge in [0.15, 0.2) is 0 Å². The number of aryl methyl sites for hydroxylation is 1. The third kappa shape index (κ3) is 4.05. The maximum Gasteiger partial charge on any atom is 0.317 e. The fourth-order valence-electron chi connectivity index (χ4n) is 3.10. The smallest absolute Gasteiger partial charge is 0.317 e. The molecular formula is C17H25FN2O2. The van der Waals surface area contributed by atoms with Crippen LogP contribution < -0.4 is 5.32 Å². The lowest BCUT2D eigenvalue weighted by Crippen LogP contribution is -2.53. The van der Waals surface area contributed by atoms with E-state index in [0.29, 0.717) is 18.6 Å². The number of halogens is 1. The van der Waals surface area contributed by atoms with Gasteiger partial charge in [0, 0.05) is 24.2 Å². The van der Waals surface area contributed by atoms with Crippen LogP contribution in [-0.4, -0.2) is 41.1 Å². The van der Waals surface area contributed by atoms with Gasteiger partial charge in [-0.05, 0) is 37.4 Å². The Kier molecular flexibility index (Phi) is 5.91. The van der Waals surface area contributed by atoms with Gasteiger partial charge in [0.25, 0.3) is 0 Å². The highest BCUT2D eigenvalue weighted by atomic mass is 19.1. The third-order valence-corrected chi connectivity index (χ3v) is 4.54. The Morgan fingerprint density at radius 2 is 2.14 bits per heavy atom. The molecule has 0 aromatic heterocycles. The van der Waals surface area contributed by atoms with Crippen LogP contribution in [0, 0.1) is 5.82 Å². The first-order chi connectivity index (χ1) is 10.5. The number of likely N-dealkylation sites (N-methyl/N-ethyl adjacent to an activating group) is 1. The molecule has 122 valence electrons. The second kappa shape index (κ2) is 7.70. The molecule has 0 bridgehead atoms. The van der Waals surface area contributed by atoms with E-state index in [-0.39, 0.29) is 12.4 Å². The summed E-state index contributed by atoms with van der Waals surface area (Å²) in [4.78, 5) is 12.8. The number of hydrogen-bond acceptors (Lipinski definition) is 3. The van der Waals surface area contributed by atoms with Gasteiger partial charge in [0.05, 0.1) is 6.54 Å². The number of aliphatic carboxylic acids is 1. The highest BCUT2D eigenvalue weighted by Crippen LogP contribution is 2.26. The van der Waals surface area contributed by atoms with Gasteiger partial charge < -0.3 is 10.4 Å². The van der Waals surface area contributed by atoms with E-state index in [2.05, 4.69) is 5.32 Å². The first kappa shape index (κ1) is 16.9. The minimum Gasteiger partial charge on any atom is -0.480 e. The fraction of sp³-hybridized carbons (Fsp3) is 0.588. The normalized spacial score (nSPS) is 20.9. The Morgan fingerprint density at radius 3 is 2.73 bits per heavy atom. The standard InChI is InChI=1S/C17H25FN2O2/c1-3-12-6-5-7-16(18)15(12)10-19-13-8-14(9-13)20(4-2)11-17(21)22/h5-7,13-14,19H,3-4,8-11H2,1-2H3,(H,21,22). The van der Waals surface area contributed by atoms with Gasteiger partial charge in [0.1, 0.15) is 5.82 Å². The topological polar surface area (TPSA) is 52.6 Å². The number of hydrogen-bond donors (Lipinski definition) is 2. The summed E-state index contributed by atoms with van der Waals surface area (Å²) in [6.45, 7) is 5.40. The predicted octanol–water partition coefficient (Wildman–Crippen LogP) is 2.42. The first-order valence-electron chi connectivity index (χ1n) is 8.00. The molecule has 5 heteroatoms. The number of carboxylic acid groups (broad SMARTS) is 1. The van der Waals surface area contributed by atoms with Crippen LogP contribution >= 0.6 is 0 Å². The highest BCUT2D eigenvalue weighted by molar-refractivity contribution is 5.69. The van der Waals surface area contributed by atoms with Gasteiger partial charge in [0.2, 0.25) is 0 Å². The summed E-state index contributed by atoms with van der Waals surface area (Å²) in [6.07, 6.45) is 2.68. The summed E-state index contributed by atoms with van der Waals surface area (Å²) in [5, 5.41) is 12.3. The molecule has 2 rings (SSSR count). The summed E-state index contributed by atoms with van der Waals surface area (Å²) in [6, 6.07) is 5.89. The van der Waals surface area contributed by atoms with Crippen molar-refractivity contribution in [2.45, 2.75) is 51.7 Å².